The van der Waals surface area contributed by atoms with Gasteiger partial charge < -0.3 is 9.88 Å². The number of anilines is 1. The van der Waals surface area contributed by atoms with Crippen LogP contribution in [0.25, 0.3) is 10.8 Å². The maximum atomic E-state index is 13.2. The van der Waals surface area contributed by atoms with Crippen LogP contribution in [-0.2, 0) is 17.1 Å². The van der Waals surface area contributed by atoms with Crippen molar-refractivity contribution in [2.24, 2.45) is 7.05 Å². The van der Waals surface area contributed by atoms with Crippen LogP contribution in [0.1, 0.15) is 11.5 Å². The normalized spacial score (nSPS) is 19.6. The third kappa shape index (κ3) is 3.80. The molecule has 1 saturated heterocycles. The van der Waals surface area contributed by atoms with E-state index >= 15 is 0 Å². The third-order valence-corrected chi connectivity index (χ3v) is 7.51. The Bertz CT molecular complexity index is 1320. The highest BCUT2D eigenvalue weighted by molar-refractivity contribution is 7.89. The first-order valence-corrected chi connectivity index (χ1v) is 11.6. The molecular weight excluding hydrogens is 410 g/mol. The van der Waals surface area contributed by atoms with E-state index in [4.69, 9.17) is 0 Å². The number of sulfonamides is 1. The van der Waals surface area contributed by atoms with Gasteiger partial charge in [-0.05, 0) is 29.1 Å². The molecule has 0 spiro atoms. The summed E-state index contributed by atoms with van der Waals surface area (Å²) in [5.74, 6) is 0.0179. The molecular formula is C23H23N5O2S. The fourth-order valence-corrected chi connectivity index (χ4v) is 5.65. The maximum absolute atomic E-state index is 13.2. The molecule has 1 aliphatic heterocycles. The predicted octanol–water partition coefficient (Wildman–Crippen LogP) is 3.24. The van der Waals surface area contributed by atoms with Crippen LogP contribution in [0.2, 0.25) is 0 Å². The van der Waals surface area contributed by atoms with Crippen molar-refractivity contribution >= 4 is 26.5 Å². The zero-order valence-corrected chi connectivity index (χ0v) is 17.9. The van der Waals surface area contributed by atoms with Crippen LogP contribution in [0.3, 0.4) is 0 Å². The second-order valence-electron chi connectivity index (χ2n) is 7.91. The summed E-state index contributed by atoms with van der Waals surface area (Å²) >= 11 is 0. The van der Waals surface area contributed by atoms with Crippen LogP contribution >= 0.6 is 0 Å². The number of hydrogen-bond donors (Lipinski definition) is 1. The van der Waals surface area contributed by atoms with E-state index in [1.54, 1.807) is 24.0 Å². The number of aromatic nitrogens is 3. The molecule has 5 rings (SSSR count). The van der Waals surface area contributed by atoms with E-state index in [2.05, 4.69) is 33.5 Å². The van der Waals surface area contributed by atoms with Crippen molar-refractivity contribution in [1.29, 1.82) is 0 Å². The molecule has 0 aliphatic carbocycles. The summed E-state index contributed by atoms with van der Waals surface area (Å²) in [5.41, 5.74) is 2.06. The van der Waals surface area contributed by atoms with E-state index in [9.17, 15) is 8.42 Å². The Kier molecular flexibility index (Phi) is 4.95. The van der Waals surface area contributed by atoms with E-state index in [0.717, 1.165) is 22.0 Å². The Morgan fingerprint density at radius 2 is 1.87 bits per heavy atom. The smallest absolute Gasteiger partial charge is 0.262 e. The lowest BCUT2D eigenvalue weighted by Gasteiger charge is -2.21. The molecule has 31 heavy (non-hydrogen) atoms. The number of nitrogens with zero attached hydrogens (tertiary/aromatic N) is 4. The first kappa shape index (κ1) is 19.7. The lowest BCUT2D eigenvalue weighted by Crippen LogP contribution is -2.32. The van der Waals surface area contributed by atoms with Crippen molar-refractivity contribution in [3.8, 4) is 0 Å². The zero-order valence-electron chi connectivity index (χ0n) is 17.1. The largest absolute Gasteiger partial charge is 0.380 e. The van der Waals surface area contributed by atoms with Gasteiger partial charge in [0.15, 0.2) is 5.03 Å². The number of aryl methyl sites for hydroxylation is 1. The molecule has 7 nitrogen and oxygen atoms in total. The fourth-order valence-electron chi connectivity index (χ4n) is 4.19. The summed E-state index contributed by atoms with van der Waals surface area (Å²) in [6.45, 7) is 0.763. The van der Waals surface area contributed by atoms with Gasteiger partial charge >= 0.3 is 0 Å². The Hall–Kier alpha value is -3.23. The Balaban J connectivity index is 1.47. The maximum Gasteiger partial charge on any atom is 0.262 e. The van der Waals surface area contributed by atoms with Gasteiger partial charge in [0.25, 0.3) is 10.0 Å². The summed E-state index contributed by atoms with van der Waals surface area (Å²) < 4.78 is 29.6. The van der Waals surface area contributed by atoms with Crippen molar-refractivity contribution in [2.75, 3.05) is 18.4 Å². The number of nitrogens with one attached hydrogen (secondary N) is 1. The van der Waals surface area contributed by atoms with Crippen LogP contribution < -0.4 is 5.32 Å². The van der Waals surface area contributed by atoms with Crippen molar-refractivity contribution in [3.63, 3.8) is 0 Å². The average Bonchev–Trinajstić information content (AvgIpc) is 3.42. The highest BCUT2D eigenvalue weighted by Crippen LogP contribution is 2.33. The topological polar surface area (TPSA) is 80.1 Å². The minimum absolute atomic E-state index is 0.0179. The van der Waals surface area contributed by atoms with Gasteiger partial charge in [0.1, 0.15) is 0 Å². The van der Waals surface area contributed by atoms with Crippen molar-refractivity contribution < 1.29 is 8.42 Å². The number of hydrogen-bond acceptors (Lipinski definition) is 5. The van der Waals surface area contributed by atoms with Crippen molar-refractivity contribution in [3.05, 3.63) is 85.1 Å². The van der Waals surface area contributed by atoms with Crippen LogP contribution in [0, 0.1) is 0 Å². The van der Waals surface area contributed by atoms with Gasteiger partial charge in [-0.2, -0.15) is 4.31 Å². The van der Waals surface area contributed by atoms with Gasteiger partial charge in [0.05, 0.1) is 6.33 Å². The zero-order chi connectivity index (χ0) is 21.4. The van der Waals surface area contributed by atoms with E-state index in [1.165, 1.54) is 10.6 Å². The molecule has 1 N–H and O–H groups in total. The van der Waals surface area contributed by atoms with Crippen LogP contribution in [0.15, 0.2) is 84.5 Å². The SMILES string of the molecule is Cn1cnc(S(=O)(=O)N2C[C@@H](Nc3ccc4ccncc4c3)[C@H](c3ccccc3)C2)c1. The lowest BCUT2D eigenvalue weighted by atomic mass is 9.94. The summed E-state index contributed by atoms with van der Waals surface area (Å²) in [4.78, 5) is 8.28. The standard InChI is InChI=1S/C23H23N5O2S/c1-27-15-23(25-16-27)31(29,30)28-13-21(18-5-3-2-4-6-18)22(14-28)26-20-8-7-17-9-10-24-12-19(17)11-20/h2-12,15-16,21-22,26H,13-14H2,1H3/t21-,22+/m0/s1. The summed E-state index contributed by atoms with van der Waals surface area (Å²) in [7, 11) is -1.90. The molecule has 0 saturated carbocycles. The Morgan fingerprint density at radius 3 is 2.65 bits per heavy atom. The van der Waals surface area contributed by atoms with Gasteiger partial charge in [-0.25, -0.2) is 13.4 Å². The average molecular weight is 434 g/mol. The van der Waals surface area contributed by atoms with Crippen LogP contribution in [-0.4, -0.2) is 46.4 Å². The summed E-state index contributed by atoms with van der Waals surface area (Å²) in [6.07, 6.45) is 6.67. The predicted molar refractivity (Wildman–Crippen MR) is 120 cm³/mol. The third-order valence-electron chi connectivity index (χ3n) is 5.79. The number of benzene rings is 2. The number of pyridine rings is 1. The van der Waals surface area contributed by atoms with Gasteiger partial charge in [0.2, 0.25) is 0 Å². The Labute approximate surface area is 181 Å². The molecule has 0 unspecified atom stereocenters. The van der Waals surface area contributed by atoms with Gasteiger partial charge in [-0.3, -0.25) is 4.98 Å². The van der Waals surface area contributed by atoms with Gasteiger partial charge in [0, 0.05) is 61.8 Å². The summed E-state index contributed by atoms with van der Waals surface area (Å²) in [5, 5.41) is 5.82. The highest BCUT2D eigenvalue weighted by atomic mass is 32.2. The lowest BCUT2D eigenvalue weighted by molar-refractivity contribution is 0.468. The minimum Gasteiger partial charge on any atom is -0.380 e. The molecule has 0 bridgehead atoms. The number of rotatable bonds is 5. The Morgan fingerprint density at radius 1 is 1.03 bits per heavy atom. The second kappa shape index (κ2) is 7.79. The summed E-state index contributed by atoms with van der Waals surface area (Å²) in [6, 6.07) is 18.1. The highest BCUT2D eigenvalue weighted by Gasteiger charge is 2.40. The molecule has 3 heterocycles. The fraction of sp³-hybridized carbons (Fsp3) is 0.217. The molecule has 1 fully saturated rings. The van der Waals surface area contributed by atoms with E-state index < -0.39 is 10.0 Å². The van der Waals surface area contributed by atoms with E-state index in [0.29, 0.717) is 13.1 Å². The van der Waals surface area contributed by atoms with Gasteiger partial charge in [-0.15, -0.1) is 0 Å². The first-order valence-electron chi connectivity index (χ1n) is 10.1. The second-order valence-corrected chi connectivity index (χ2v) is 9.79. The quantitative estimate of drug-likeness (QED) is 0.523. The molecule has 4 aromatic rings. The molecule has 0 amide bonds. The van der Waals surface area contributed by atoms with Gasteiger partial charge in [-0.1, -0.05) is 36.4 Å². The van der Waals surface area contributed by atoms with E-state index in [1.807, 2.05) is 42.6 Å². The molecule has 158 valence electrons. The van der Waals surface area contributed by atoms with Crippen LogP contribution in [0.4, 0.5) is 5.69 Å². The molecule has 8 heteroatoms. The first-order chi connectivity index (χ1) is 15.0. The molecule has 1 aliphatic rings. The van der Waals surface area contributed by atoms with Crippen molar-refractivity contribution in [1.82, 2.24) is 18.8 Å². The molecule has 2 aromatic heterocycles. The molecule has 2 atom stereocenters. The monoisotopic (exact) mass is 433 g/mol. The molecule has 2 aromatic carbocycles. The molecule has 0 radical (unpaired) electrons. The van der Waals surface area contributed by atoms with E-state index in [-0.39, 0.29) is 17.0 Å². The minimum atomic E-state index is -3.67. The van der Waals surface area contributed by atoms with Crippen LogP contribution in [0.5, 0.6) is 0 Å². The number of imidazole rings is 1. The van der Waals surface area contributed by atoms with Crippen molar-refractivity contribution in [2.45, 2.75) is 17.0 Å². The number of fused-ring (bicyclic) bond motifs is 1.